The number of aliphatic hydroxyl groups is 2. The Morgan fingerprint density at radius 1 is 1.67 bits per heavy atom. The van der Waals surface area contributed by atoms with Crippen LogP contribution in [0.25, 0.3) is 0 Å². The summed E-state index contributed by atoms with van der Waals surface area (Å²) in [6, 6.07) is 0. The molecule has 1 aliphatic rings. The highest BCUT2D eigenvalue weighted by Gasteiger charge is 2.45. The third-order valence-electron chi connectivity index (χ3n) is 2.99. The minimum absolute atomic E-state index is 0.0520. The van der Waals surface area contributed by atoms with Crippen LogP contribution < -0.4 is 17.0 Å². The fourth-order valence-electron chi connectivity index (χ4n) is 1.98. The summed E-state index contributed by atoms with van der Waals surface area (Å²) in [4.78, 5) is 25.1. The molecule has 2 rings (SSSR count). The molecule has 8 heteroatoms. The van der Waals surface area contributed by atoms with Gasteiger partial charge in [0.1, 0.15) is 6.10 Å². The fraction of sp³-hybridized carbons (Fsp3) is 0.538. The second kappa shape index (κ2) is 6.81. The molecular formula is C13H21N3O5. The number of H-pyrrole nitrogens is 1. The molecular weight excluding hydrogens is 278 g/mol. The quantitative estimate of drug-likeness (QED) is 0.505. The number of nitrogens with zero attached hydrogens (tertiary/aromatic N) is 1. The number of aromatic amines is 1. The van der Waals surface area contributed by atoms with Crippen molar-refractivity contribution in [2.24, 2.45) is 5.73 Å². The lowest BCUT2D eigenvalue weighted by atomic mass is 10.1. The second-order valence-electron chi connectivity index (χ2n) is 4.80. The molecule has 1 aromatic heterocycles. The molecule has 21 heavy (non-hydrogen) atoms. The third kappa shape index (κ3) is 3.67. The molecule has 118 valence electrons. The van der Waals surface area contributed by atoms with Gasteiger partial charge in [-0.05, 0) is 13.8 Å². The standard InChI is InChI=1S/C10H15N3O5.C3H6/c1-5-3-13(9(17)12-8(5)16)10(11)2-6(15)7(4-14)18-10;1-3-2/h3,6-7,14-15H,2,4,11H2,1H3,(H,12,16,17);3H,1H2,2H3/t6-,7+,10-;/m0./s1. The normalized spacial score (nSPS) is 27.9. The van der Waals surface area contributed by atoms with Gasteiger partial charge in [0.2, 0.25) is 5.85 Å². The summed E-state index contributed by atoms with van der Waals surface area (Å²) in [6.07, 6.45) is 1.14. The molecule has 0 aromatic carbocycles. The zero-order valence-corrected chi connectivity index (χ0v) is 12.1. The summed E-state index contributed by atoms with van der Waals surface area (Å²) in [7, 11) is 0. The number of nitrogens with two attached hydrogens (primary N) is 1. The summed E-state index contributed by atoms with van der Waals surface area (Å²) < 4.78 is 6.31. The number of nitrogens with one attached hydrogen (secondary N) is 1. The molecule has 0 radical (unpaired) electrons. The highest BCUT2D eigenvalue weighted by atomic mass is 16.6. The van der Waals surface area contributed by atoms with E-state index in [0.29, 0.717) is 5.56 Å². The van der Waals surface area contributed by atoms with Crippen molar-refractivity contribution in [1.29, 1.82) is 0 Å². The average molecular weight is 299 g/mol. The van der Waals surface area contributed by atoms with Crippen molar-refractivity contribution < 1.29 is 14.9 Å². The molecule has 2 heterocycles. The van der Waals surface area contributed by atoms with Crippen molar-refractivity contribution in [3.63, 3.8) is 0 Å². The van der Waals surface area contributed by atoms with Crippen molar-refractivity contribution in [3.8, 4) is 0 Å². The number of hydrogen-bond donors (Lipinski definition) is 4. The average Bonchev–Trinajstić information content (AvgIpc) is 2.70. The lowest BCUT2D eigenvalue weighted by molar-refractivity contribution is -0.115. The van der Waals surface area contributed by atoms with Crippen molar-refractivity contribution in [3.05, 3.63) is 45.3 Å². The predicted octanol–water partition coefficient (Wildman–Crippen LogP) is -1.25. The molecule has 1 fully saturated rings. The summed E-state index contributed by atoms with van der Waals surface area (Å²) in [5, 5.41) is 18.6. The largest absolute Gasteiger partial charge is 0.394 e. The summed E-state index contributed by atoms with van der Waals surface area (Å²) in [6.45, 7) is 6.37. The minimum Gasteiger partial charge on any atom is -0.394 e. The van der Waals surface area contributed by atoms with Crippen LogP contribution in [0.1, 0.15) is 18.9 Å². The topological polar surface area (TPSA) is 131 Å². The Morgan fingerprint density at radius 2 is 2.24 bits per heavy atom. The number of allylic oxidation sites excluding steroid dienone is 1. The van der Waals surface area contributed by atoms with Gasteiger partial charge in [-0.1, -0.05) is 6.08 Å². The Hall–Kier alpha value is -1.74. The number of hydrogen-bond acceptors (Lipinski definition) is 6. The van der Waals surface area contributed by atoms with E-state index in [1.165, 1.54) is 13.1 Å². The van der Waals surface area contributed by atoms with Gasteiger partial charge in [-0.15, -0.1) is 6.58 Å². The predicted molar refractivity (Wildman–Crippen MR) is 76.7 cm³/mol. The molecule has 8 nitrogen and oxygen atoms in total. The van der Waals surface area contributed by atoms with Gasteiger partial charge in [-0.25, -0.2) is 4.79 Å². The van der Waals surface area contributed by atoms with E-state index < -0.39 is 35.9 Å². The molecule has 5 N–H and O–H groups in total. The van der Waals surface area contributed by atoms with Gasteiger partial charge >= 0.3 is 5.69 Å². The molecule has 0 aliphatic carbocycles. The van der Waals surface area contributed by atoms with E-state index in [9.17, 15) is 14.7 Å². The second-order valence-corrected chi connectivity index (χ2v) is 4.80. The van der Waals surface area contributed by atoms with Crippen molar-refractivity contribution in [1.82, 2.24) is 9.55 Å². The van der Waals surface area contributed by atoms with Crippen LogP contribution in [-0.2, 0) is 10.6 Å². The van der Waals surface area contributed by atoms with Gasteiger partial charge in [-0.3, -0.25) is 20.1 Å². The molecule has 3 atom stereocenters. The Labute approximate surface area is 121 Å². The first kappa shape index (κ1) is 17.3. The minimum atomic E-state index is -1.57. The van der Waals surface area contributed by atoms with E-state index in [1.807, 2.05) is 6.92 Å². The maximum Gasteiger partial charge on any atom is 0.331 e. The number of aryl methyl sites for hydroxylation is 1. The van der Waals surface area contributed by atoms with Gasteiger partial charge in [0.25, 0.3) is 5.56 Å². The lowest BCUT2D eigenvalue weighted by Crippen LogP contribution is -2.51. The van der Waals surface area contributed by atoms with E-state index in [2.05, 4.69) is 11.6 Å². The number of aliphatic hydroxyl groups excluding tert-OH is 2. The van der Waals surface area contributed by atoms with Crippen LogP contribution in [0.5, 0.6) is 0 Å². The van der Waals surface area contributed by atoms with Crippen LogP contribution >= 0.6 is 0 Å². The Morgan fingerprint density at radius 3 is 2.71 bits per heavy atom. The molecule has 1 aromatic rings. The SMILES string of the molecule is C=CC.Cc1cn([C@@]2(N)C[C@H](O)[C@@H](CO)O2)c(=O)[nH]c1=O. The molecule has 1 saturated heterocycles. The number of aromatic nitrogens is 2. The van der Waals surface area contributed by atoms with E-state index in [1.54, 1.807) is 6.08 Å². The van der Waals surface area contributed by atoms with Gasteiger partial charge < -0.3 is 14.9 Å². The molecule has 0 spiro atoms. The smallest absolute Gasteiger partial charge is 0.331 e. The monoisotopic (exact) mass is 299 g/mol. The van der Waals surface area contributed by atoms with Crippen LogP contribution in [0.2, 0.25) is 0 Å². The van der Waals surface area contributed by atoms with E-state index in [4.69, 9.17) is 15.6 Å². The first-order valence-corrected chi connectivity index (χ1v) is 6.44. The zero-order valence-electron chi connectivity index (χ0n) is 12.1. The van der Waals surface area contributed by atoms with Crippen molar-refractivity contribution in [2.75, 3.05) is 6.61 Å². The Balaban J connectivity index is 0.000000677. The lowest BCUT2D eigenvalue weighted by Gasteiger charge is -2.26. The summed E-state index contributed by atoms with van der Waals surface area (Å²) in [5.41, 5.74) is 4.97. The van der Waals surface area contributed by atoms with Gasteiger partial charge in [0, 0.05) is 18.2 Å². The Bertz CT molecular complexity index is 609. The van der Waals surface area contributed by atoms with Crippen LogP contribution in [0, 0.1) is 6.92 Å². The molecule has 0 bridgehead atoms. The molecule has 0 saturated carbocycles. The van der Waals surface area contributed by atoms with Crippen LogP contribution in [0.4, 0.5) is 0 Å². The van der Waals surface area contributed by atoms with Gasteiger partial charge in [0.05, 0.1) is 12.7 Å². The van der Waals surface area contributed by atoms with Crippen molar-refractivity contribution >= 4 is 0 Å². The number of ether oxygens (including phenoxy) is 1. The fourth-order valence-corrected chi connectivity index (χ4v) is 1.98. The number of rotatable bonds is 2. The third-order valence-corrected chi connectivity index (χ3v) is 2.99. The molecule has 1 aliphatic heterocycles. The van der Waals surface area contributed by atoms with Crippen LogP contribution in [0.15, 0.2) is 28.4 Å². The maximum absolute atomic E-state index is 11.7. The highest BCUT2D eigenvalue weighted by Crippen LogP contribution is 2.29. The highest BCUT2D eigenvalue weighted by molar-refractivity contribution is 5.03. The van der Waals surface area contributed by atoms with Gasteiger partial charge in [-0.2, -0.15) is 0 Å². The zero-order chi connectivity index (χ0) is 16.2. The van der Waals surface area contributed by atoms with Crippen LogP contribution in [0.3, 0.4) is 0 Å². The van der Waals surface area contributed by atoms with Crippen molar-refractivity contribution in [2.45, 2.75) is 38.3 Å². The maximum atomic E-state index is 11.7. The first-order chi connectivity index (χ1) is 9.78. The van der Waals surface area contributed by atoms with Crippen LogP contribution in [-0.4, -0.2) is 38.6 Å². The van der Waals surface area contributed by atoms with E-state index in [-0.39, 0.29) is 6.42 Å². The molecule has 0 amide bonds. The van der Waals surface area contributed by atoms with E-state index in [0.717, 1.165) is 4.57 Å². The van der Waals surface area contributed by atoms with E-state index >= 15 is 0 Å². The summed E-state index contributed by atoms with van der Waals surface area (Å²) in [5.74, 6) is -1.57. The van der Waals surface area contributed by atoms with Gasteiger partial charge in [0.15, 0.2) is 0 Å². The molecule has 0 unspecified atom stereocenters. The Kier molecular flexibility index (Phi) is 5.62. The first-order valence-electron chi connectivity index (χ1n) is 6.44. The summed E-state index contributed by atoms with van der Waals surface area (Å²) >= 11 is 0.